The molecule has 1 aliphatic carbocycles. The predicted octanol–water partition coefficient (Wildman–Crippen LogP) is 6.94. The fourth-order valence-corrected chi connectivity index (χ4v) is 5.80. The molecule has 1 aliphatic rings. The van der Waals surface area contributed by atoms with E-state index in [1.54, 1.807) is 4.90 Å². The van der Waals surface area contributed by atoms with Gasteiger partial charge in [0.25, 0.3) is 0 Å². The van der Waals surface area contributed by atoms with Crippen LogP contribution in [0.15, 0.2) is 88.2 Å². The van der Waals surface area contributed by atoms with Crippen molar-refractivity contribution in [1.29, 1.82) is 0 Å². The summed E-state index contributed by atoms with van der Waals surface area (Å²) in [5.41, 5.74) is 3.24. The van der Waals surface area contributed by atoms with Gasteiger partial charge >= 0.3 is 0 Å². The van der Waals surface area contributed by atoms with E-state index in [4.69, 9.17) is 0 Å². The zero-order valence-corrected chi connectivity index (χ0v) is 23.8. The fourth-order valence-electron chi connectivity index (χ4n) is 4.75. The van der Waals surface area contributed by atoms with Gasteiger partial charge in [-0.15, -0.1) is 11.8 Å². The third-order valence-corrected chi connectivity index (χ3v) is 8.40. The van der Waals surface area contributed by atoms with Crippen LogP contribution in [-0.2, 0) is 22.6 Å². The Morgan fingerprint density at radius 1 is 0.919 bits per heavy atom. The van der Waals surface area contributed by atoms with Crippen LogP contribution >= 0.6 is 27.7 Å². The lowest BCUT2D eigenvalue weighted by atomic mass is 9.94. The molecule has 3 aromatic rings. The van der Waals surface area contributed by atoms with Gasteiger partial charge in [0.2, 0.25) is 11.8 Å². The van der Waals surface area contributed by atoms with Gasteiger partial charge in [-0.25, -0.2) is 0 Å². The largest absolute Gasteiger partial charge is 0.352 e. The summed E-state index contributed by atoms with van der Waals surface area (Å²) in [6, 6.07) is 25.8. The quantitative estimate of drug-likeness (QED) is 0.265. The zero-order valence-electron chi connectivity index (χ0n) is 21.4. The Hall–Kier alpha value is -2.57. The molecule has 0 aliphatic heterocycles. The van der Waals surface area contributed by atoms with E-state index >= 15 is 0 Å². The maximum atomic E-state index is 13.8. The predicted molar refractivity (Wildman–Crippen MR) is 156 cm³/mol. The molecule has 194 valence electrons. The molecule has 0 spiro atoms. The summed E-state index contributed by atoms with van der Waals surface area (Å²) >= 11 is 5.02. The van der Waals surface area contributed by atoms with Crippen molar-refractivity contribution in [2.24, 2.45) is 0 Å². The first-order valence-corrected chi connectivity index (χ1v) is 14.8. The SMILES string of the molecule is Cc1ccc(SCC(=O)N(Cc2ccc(Br)cc2)C(Cc2ccccc2)C(=O)NC2CCCCC2)cc1. The Morgan fingerprint density at radius 3 is 2.27 bits per heavy atom. The van der Waals surface area contributed by atoms with E-state index in [-0.39, 0.29) is 23.6 Å². The highest BCUT2D eigenvalue weighted by Crippen LogP contribution is 2.23. The van der Waals surface area contributed by atoms with Crippen molar-refractivity contribution >= 4 is 39.5 Å². The summed E-state index contributed by atoms with van der Waals surface area (Å²) in [6.07, 6.45) is 6.01. The van der Waals surface area contributed by atoms with Gasteiger partial charge in [0, 0.05) is 28.4 Å². The van der Waals surface area contributed by atoms with Gasteiger partial charge < -0.3 is 10.2 Å². The summed E-state index contributed by atoms with van der Waals surface area (Å²) < 4.78 is 0.986. The second-order valence-electron chi connectivity index (χ2n) is 9.80. The van der Waals surface area contributed by atoms with Crippen molar-refractivity contribution in [3.63, 3.8) is 0 Å². The second kappa shape index (κ2) is 13.8. The van der Waals surface area contributed by atoms with Crippen LogP contribution in [0.1, 0.15) is 48.8 Å². The molecule has 0 radical (unpaired) electrons. The minimum atomic E-state index is -0.584. The maximum absolute atomic E-state index is 13.8. The van der Waals surface area contributed by atoms with E-state index in [9.17, 15) is 9.59 Å². The van der Waals surface area contributed by atoms with Crippen LogP contribution < -0.4 is 5.32 Å². The van der Waals surface area contributed by atoms with Crippen LogP contribution in [0.3, 0.4) is 0 Å². The van der Waals surface area contributed by atoms with Crippen LogP contribution in [0.25, 0.3) is 0 Å². The number of amides is 2. The molecule has 0 heterocycles. The Morgan fingerprint density at radius 2 is 1.59 bits per heavy atom. The van der Waals surface area contributed by atoms with Gasteiger partial charge in [-0.3, -0.25) is 9.59 Å². The molecule has 2 amide bonds. The molecular formula is C31H35BrN2O2S. The molecule has 0 bridgehead atoms. The average Bonchev–Trinajstić information content (AvgIpc) is 2.92. The molecule has 4 nitrogen and oxygen atoms in total. The standard InChI is InChI=1S/C31H35BrN2O2S/c1-23-12-18-28(19-13-23)37-22-30(35)34(21-25-14-16-26(32)17-15-25)29(20-24-8-4-2-5-9-24)31(36)33-27-10-6-3-7-11-27/h2,4-5,8-9,12-19,27,29H,3,6-7,10-11,20-22H2,1H3,(H,33,36). The molecule has 1 saturated carbocycles. The molecule has 1 unspecified atom stereocenters. The second-order valence-corrected chi connectivity index (χ2v) is 11.8. The van der Waals surface area contributed by atoms with Crippen LogP contribution in [0.5, 0.6) is 0 Å². The third kappa shape index (κ3) is 8.47. The Labute approximate surface area is 233 Å². The summed E-state index contributed by atoms with van der Waals surface area (Å²) in [5, 5.41) is 3.30. The highest BCUT2D eigenvalue weighted by molar-refractivity contribution is 9.10. The summed E-state index contributed by atoms with van der Waals surface area (Å²) in [7, 11) is 0. The molecule has 1 fully saturated rings. The maximum Gasteiger partial charge on any atom is 0.243 e. The number of rotatable bonds is 10. The van der Waals surface area contributed by atoms with Gasteiger partial charge in [-0.05, 0) is 55.2 Å². The minimum absolute atomic E-state index is 0.0341. The molecule has 0 saturated heterocycles. The summed E-state index contributed by atoms with van der Waals surface area (Å²) in [5.74, 6) is 0.191. The van der Waals surface area contributed by atoms with E-state index in [1.807, 2.05) is 66.7 Å². The van der Waals surface area contributed by atoms with Crippen LogP contribution in [-0.4, -0.2) is 34.6 Å². The van der Waals surface area contributed by atoms with Gasteiger partial charge in [0.05, 0.1) is 5.75 Å². The van der Waals surface area contributed by atoms with E-state index < -0.39 is 6.04 Å². The Kier molecular flexibility index (Phi) is 10.3. The Balaban J connectivity index is 1.59. The number of hydrogen-bond donors (Lipinski definition) is 1. The summed E-state index contributed by atoms with van der Waals surface area (Å²) in [4.78, 5) is 30.4. The number of thioether (sulfide) groups is 1. The monoisotopic (exact) mass is 578 g/mol. The van der Waals surface area contributed by atoms with Crippen LogP contribution in [0.2, 0.25) is 0 Å². The lowest BCUT2D eigenvalue weighted by Gasteiger charge is -2.33. The van der Waals surface area contributed by atoms with Crippen LogP contribution in [0.4, 0.5) is 0 Å². The molecule has 0 aromatic heterocycles. The Bertz CT molecular complexity index is 1150. The van der Waals surface area contributed by atoms with Crippen LogP contribution in [0, 0.1) is 6.92 Å². The number of carbonyl (C=O) groups is 2. The van der Waals surface area contributed by atoms with Crippen molar-refractivity contribution in [3.05, 3.63) is 100 Å². The molecule has 4 rings (SSSR count). The van der Waals surface area contributed by atoms with Gasteiger partial charge in [-0.2, -0.15) is 0 Å². The molecular weight excluding hydrogens is 544 g/mol. The third-order valence-electron chi connectivity index (χ3n) is 6.87. The normalized spacial score (nSPS) is 14.6. The average molecular weight is 580 g/mol. The zero-order chi connectivity index (χ0) is 26.0. The number of halogens is 1. The smallest absolute Gasteiger partial charge is 0.243 e. The highest BCUT2D eigenvalue weighted by atomic mass is 79.9. The lowest BCUT2D eigenvalue weighted by molar-refractivity contribution is -0.139. The van der Waals surface area contributed by atoms with E-state index in [1.165, 1.54) is 23.7 Å². The first kappa shape index (κ1) is 27.5. The van der Waals surface area contributed by atoms with Gasteiger partial charge in [0.15, 0.2) is 0 Å². The number of nitrogens with zero attached hydrogens (tertiary/aromatic N) is 1. The first-order chi connectivity index (χ1) is 18.0. The van der Waals surface area contributed by atoms with E-state index in [0.717, 1.165) is 46.2 Å². The summed E-state index contributed by atoms with van der Waals surface area (Å²) in [6.45, 7) is 2.44. The highest BCUT2D eigenvalue weighted by Gasteiger charge is 2.31. The van der Waals surface area contributed by atoms with E-state index in [2.05, 4.69) is 40.3 Å². The number of aryl methyl sites for hydroxylation is 1. The van der Waals surface area contributed by atoms with Crippen molar-refractivity contribution in [3.8, 4) is 0 Å². The van der Waals surface area contributed by atoms with Gasteiger partial charge in [-0.1, -0.05) is 95.4 Å². The molecule has 1 atom stereocenters. The first-order valence-electron chi connectivity index (χ1n) is 13.1. The molecule has 6 heteroatoms. The van der Waals surface area contributed by atoms with E-state index in [0.29, 0.717) is 13.0 Å². The topological polar surface area (TPSA) is 49.4 Å². The van der Waals surface area contributed by atoms with Crippen molar-refractivity contribution < 1.29 is 9.59 Å². The number of nitrogens with one attached hydrogen (secondary N) is 1. The molecule has 1 N–H and O–H groups in total. The van der Waals surface area contributed by atoms with Gasteiger partial charge in [0.1, 0.15) is 6.04 Å². The molecule has 3 aromatic carbocycles. The number of benzene rings is 3. The minimum Gasteiger partial charge on any atom is -0.352 e. The number of carbonyl (C=O) groups excluding carboxylic acids is 2. The van der Waals surface area contributed by atoms with Crippen molar-refractivity contribution in [1.82, 2.24) is 10.2 Å². The van der Waals surface area contributed by atoms with Crippen molar-refractivity contribution in [2.45, 2.75) is 69.0 Å². The molecule has 37 heavy (non-hydrogen) atoms. The lowest BCUT2D eigenvalue weighted by Crippen LogP contribution is -2.53. The number of hydrogen-bond acceptors (Lipinski definition) is 3. The van der Waals surface area contributed by atoms with Crippen molar-refractivity contribution in [2.75, 3.05) is 5.75 Å². The fraction of sp³-hybridized carbons (Fsp3) is 0.355.